The molecular weight excluding hydrogens is 362 g/mol. The zero-order chi connectivity index (χ0) is 21.3. The monoisotopic (exact) mass is 389 g/mol. The highest BCUT2D eigenvalue weighted by molar-refractivity contribution is 5.93. The van der Waals surface area contributed by atoms with Crippen LogP contribution in [0, 0.1) is 0 Å². The van der Waals surface area contributed by atoms with Crippen LogP contribution < -0.4 is 16.0 Å². The number of anilines is 3. The molecule has 0 spiro atoms. The number of carbonyl (C=O) groups is 3. The van der Waals surface area contributed by atoms with E-state index in [-0.39, 0.29) is 19.1 Å². The van der Waals surface area contributed by atoms with E-state index in [0.29, 0.717) is 35.6 Å². The summed E-state index contributed by atoms with van der Waals surface area (Å²) in [6.07, 6.45) is 0. The van der Waals surface area contributed by atoms with E-state index in [4.69, 9.17) is 15.2 Å². The maximum atomic E-state index is 11.6. The molecule has 1 rings (SSSR count). The van der Waals surface area contributed by atoms with E-state index in [0.717, 1.165) is 5.69 Å². The van der Waals surface area contributed by atoms with Crippen molar-refractivity contribution in [2.24, 2.45) is 0 Å². The number of rotatable bonds is 10. The molecule has 0 saturated carbocycles. The van der Waals surface area contributed by atoms with Crippen molar-refractivity contribution in [1.82, 2.24) is 0 Å². The van der Waals surface area contributed by atoms with Gasteiger partial charge >= 0.3 is 11.9 Å². The van der Waals surface area contributed by atoms with E-state index in [1.54, 1.807) is 32.0 Å². The minimum Gasteiger partial charge on any atom is -0.460 e. The van der Waals surface area contributed by atoms with Crippen molar-refractivity contribution in [3.63, 3.8) is 0 Å². The fraction of sp³-hybridized carbons (Fsp3) is 0.350. The van der Waals surface area contributed by atoms with Gasteiger partial charge in [-0.3, -0.25) is 4.79 Å². The van der Waals surface area contributed by atoms with Crippen molar-refractivity contribution in [3.05, 3.63) is 42.5 Å². The van der Waals surface area contributed by atoms with E-state index in [1.165, 1.54) is 6.92 Å². The number of nitrogens with zero attached hydrogens (tertiary/aromatic N) is 1. The largest absolute Gasteiger partial charge is 0.460 e. The second-order valence-electron chi connectivity index (χ2n) is 6.27. The van der Waals surface area contributed by atoms with Crippen molar-refractivity contribution in [1.29, 1.82) is 0 Å². The molecule has 0 aliphatic heterocycles. The summed E-state index contributed by atoms with van der Waals surface area (Å²) in [5, 5.41) is 2.66. The quantitative estimate of drug-likeness (QED) is 0.359. The van der Waals surface area contributed by atoms with Crippen LogP contribution in [0.2, 0.25) is 0 Å². The molecule has 0 fully saturated rings. The van der Waals surface area contributed by atoms with Crippen LogP contribution >= 0.6 is 0 Å². The standard InChI is InChI=1S/C20H27N3O5/c1-13(2)19(25)27-10-8-23(9-11-28-20(26)14(3)4)16-6-7-17(21)18(12-16)22-15(5)24/h6-7,12H,1,3,8-11,21H2,2,4-5H3,(H,22,24). The number of hydrogen-bond acceptors (Lipinski definition) is 7. The maximum absolute atomic E-state index is 11.6. The summed E-state index contributed by atoms with van der Waals surface area (Å²) in [6.45, 7) is 12.5. The van der Waals surface area contributed by atoms with Crippen LogP contribution in [0.15, 0.2) is 42.5 Å². The van der Waals surface area contributed by atoms with Gasteiger partial charge in [0.25, 0.3) is 0 Å². The summed E-state index contributed by atoms with van der Waals surface area (Å²) in [5.74, 6) is -1.21. The van der Waals surface area contributed by atoms with E-state index >= 15 is 0 Å². The van der Waals surface area contributed by atoms with E-state index < -0.39 is 11.9 Å². The molecule has 0 bridgehead atoms. The molecule has 0 aliphatic rings. The number of benzene rings is 1. The molecule has 0 heterocycles. The highest BCUT2D eigenvalue weighted by Gasteiger charge is 2.13. The Morgan fingerprint density at radius 2 is 1.50 bits per heavy atom. The molecule has 1 amide bonds. The average molecular weight is 389 g/mol. The second-order valence-corrected chi connectivity index (χ2v) is 6.27. The maximum Gasteiger partial charge on any atom is 0.333 e. The number of amides is 1. The van der Waals surface area contributed by atoms with Crippen LogP contribution in [0.1, 0.15) is 20.8 Å². The van der Waals surface area contributed by atoms with Gasteiger partial charge in [-0.25, -0.2) is 9.59 Å². The molecule has 1 aromatic rings. The Bertz CT molecular complexity index is 741. The molecule has 8 heteroatoms. The molecular formula is C20H27N3O5. The predicted octanol–water partition coefficient (Wildman–Crippen LogP) is 2.27. The minimum atomic E-state index is -0.482. The Balaban J connectivity index is 2.90. The highest BCUT2D eigenvalue weighted by Crippen LogP contribution is 2.25. The van der Waals surface area contributed by atoms with Crippen LogP contribution in [0.3, 0.4) is 0 Å². The molecule has 0 unspecified atom stereocenters. The number of carbonyl (C=O) groups excluding carboxylic acids is 3. The van der Waals surface area contributed by atoms with Crippen LogP contribution in [-0.4, -0.2) is 44.1 Å². The van der Waals surface area contributed by atoms with Gasteiger partial charge in [0, 0.05) is 23.8 Å². The van der Waals surface area contributed by atoms with Crippen molar-refractivity contribution in [2.45, 2.75) is 20.8 Å². The topological polar surface area (TPSA) is 111 Å². The van der Waals surface area contributed by atoms with E-state index in [9.17, 15) is 14.4 Å². The first-order chi connectivity index (χ1) is 13.1. The van der Waals surface area contributed by atoms with Gasteiger partial charge in [0.1, 0.15) is 13.2 Å². The number of nitrogen functional groups attached to an aromatic ring is 1. The zero-order valence-corrected chi connectivity index (χ0v) is 16.5. The third kappa shape index (κ3) is 7.53. The Kier molecular flexibility index (Phi) is 8.74. The van der Waals surface area contributed by atoms with Crippen molar-refractivity contribution < 1.29 is 23.9 Å². The smallest absolute Gasteiger partial charge is 0.333 e. The zero-order valence-electron chi connectivity index (χ0n) is 16.5. The molecule has 8 nitrogen and oxygen atoms in total. The molecule has 0 aromatic heterocycles. The number of hydrogen-bond donors (Lipinski definition) is 2. The molecule has 152 valence electrons. The number of nitrogens with one attached hydrogen (secondary N) is 1. The van der Waals surface area contributed by atoms with Gasteiger partial charge in [-0.2, -0.15) is 0 Å². The van der Waals surface area contributed by atoms with Crippen molar-refractivity contribution >= 4 is 34.9 Å². The molecule has 1 aromatic carbocycles. The fourth-order valence-electron chi connectivity index (χ4n) is 2.15. The van der Waals surface area contributed by atoms with Crippen LogP contribution in [-0.2, 0) is 23.9 Å². The number of esters is 2. The summed E-state index contributed by atoms with van der Waals surface area (Å²) in [5.41, 5.74) is 8.11. The van der Waals surface area contributed by atoms with Gasteiger partial charge in [0.15, 0.2) is 0 Å². The first-order valence-electron chi connectivity index (χ1n) is 8.69. The summed E-state index contributed by atoms with van der Waals surface area (Å²) in [7, 11) is 0. The SMILES string of the molecule is C=C(C)C(=O)OCCN(CCOC(=O)C(=C)C)c1ccc(N)c(NC(C)=O)c1. The van der Waals surface area contributed by atoms with Gasteiger partial charge in [-0.15, -0.1) is 0 Å². The van der Waals surface area contributed by atoms with Crippen molar-refractivity contribution in [3.8, 4) is 0 Å². The second kappa shape index (κ2) is 10.8. The first-order valence-corrected chi connectivity index (χ1v) is 8.69. The molecule has 28 heavy (non-hydrogen) atoms. The number of nitrogens with two attached hydrogens (primary N) is 1. The van der Waals surface area contributed by atoms with Gasteiger partial charge < -0.3 is 25.4 Å². The van der Waals surface area contributed by atoms with Gasteiger partial charge in [-0.1, -0.05) is 13.2 Å². The average Bonchev–Trinajstić information content (AvgIpc) is 2.61. The highest BCUT2D eigenvalue weighted by atomic mass is 16.5. The first kappa shape index (κ1) is 22.8. The lowest BCUT2D eigenvalue weighted by Crippen LogP contribution is -2.32. The van der Waals surface area contributed by atoms with Gasteiger partial charge in [0.05, 0.1) is 24.5 Å². The summed E-state index contributed by atoms with van der Waals surface area (Å²) < 4.78 is 10.3. The lowest BCUT2D eigenvalue weighted by atomic mass is 10.2. The molecule has 0 saturated heterocycles. The Morgan fingerprint density at radius 1 is 1.00 bits per heavy atom. The van der Waals surface area contributed by atoms with Gasteiger partial charge in [0.2, 0.25) is 5.91 Å². The van der Waals surface area contributed by atoms with E-state index in [2.05, 4.69) is 18.5 Å². The third-order valence-corrected chi connectivity index (χ3v) is 3.60. The molecule has 3 N–H and O–H groups in total. The molecule has 0 atom stereocenters. The van der Waals surface area contributed by atoms with Crippen LogP contribution in [0.5, 0.6) is 0 Å². The number of ether oxygens (including phenoxy) is 2. The lowest BCUT2D eigenvalue weighted by Gasteiger charge is -2.25. The minimum absolute atomic E-state index is 0.111. The predicted molar refractivity (Wildman–Crippen MR) is 109 cm³/mol. The summed E-state index contributed by atoms with van der Waals surface area (Å²) >= 11 is 0. The lowest BCUT2D eigenvalue weighted by molar-refractivity contribution is -0.139. The molecule has 0 radical (unpaired) electrons. The Hall–Kier alpha value is -3.29. The normalized spacial score (nSPS) is 9.96. The third-order valence-electron chi connectivity index (χ3n) is 3.60. The van der Waals surface area contributed by atoms with Gasteiger partial charge in [-0.05, 0) is 32.0 Å². The van der Waals surface area contributed by atoms with Crippen LogP contribution in [0.25, 0.3) is 0 Å². The van der Waals surface area contributed by atoms with E-state index in [1.807, 2.05) is 4.90 Å². The Labute approximate surface area is 165 Å². The summed E-state index contributed by atoms with van der Waals surface area (Å²) in [6, 6.07) is 5.13. The van der Waals surface area contributed by atoms with Crippen molar-refractivity contribution in [2.75, 3.05) is 42.3 Å². The fourth-order valence-corrected chi connectivity index (χ4v) is 2.15. The Morgan fingerprint density at radius 3 is 1.93 bits per heavy atom. The molecule has 0 aliphatic carbocycles. The van der Waals surface area contributed by atoms with Crippen LogP contribution in [0.4, 0.5) is 17.1 Å². The summed E-state index contributed by atoms with van der Waals surface area (Å²) in [4.78, 5) is 36.4.